The second kappa shape index (κ2) is 4.01. The van der Waals surface area contributed by atoms with E-state index in [1.807, 2.05) is 24.3 Å². The van der Waals surface area contributed by atoms with Gasteiger partial charge in [0, 0.05) is 23.9 Å². The summed E-state index contributed by atoms with van der Waals surface area (Å²) in [6.45, 7) is 1.14. The van der Waals surface area contributed by atoms with Crippen molar-refractivity contribution >= 4 is 15.9 Å². The second-order valence-electron chi connectivity index (χ2n) is 3.83. The third-order valence-corrected chi connectivity index (χ3v) is 3.06. The predicted octanol–water partition coefficient (Wildman–Crippen LogP) is 2.14. The van der Waals surface area contributed by atoms with Gasteiger partial charge < -0.3 is 9.84 Å². The quantitative estimate of drug-likeness (QED) is 0.879. The Morgan fingerprint density at radius 2 is 2.07 bits per heavy atom. The Labute approximate surface area is 92.0 Å². The van der Waals surface area contributed by atoms with Crippen molar-refractivity contribution in [3.63, 3.8) is 0 Å². The van der Waals surface area contributed by atoms with E-state index in [1.165, 1.54) is 0 Å². The van der Waals surface area contributed by atoms with Crippen LogP contribution in [-0.4, -0.2) is 23.9 Å². The zero-order chi connectivity index (χ0) is 10.0. The summed E-state index contributed by atoms with van der Waals surface area (Å²) in [5.74, 6) is 0. The normalized spacial score (nSPS) is 26.7. The molecular weight excluding hydrogens is 244 g/mol. The predicted molar refractivity (Wildman–Crippen MR) is 58.2 cm³/mol. The Morgan fingerprint density at radius 3 is 2.64 bits per heavy atom. The summed E-state index contributed by atoms with van der Waals surface area (Å²) in [5, 5.41) is 10.1. The Kier molecular flexibility index (Phi) is 2.91. The number of ether oxygens (including phenoxy) is 1. The van der Waals surface area contributed by atoms with Crippen molar-refractivity contribution in [1.82, 2.24) is 0 Å². The fourth-order valence-corrected chi connectivity index (χ4v) is 1.98. The van der Waals surface area contributed by atoms with Gasteiger partial charge in [-0.2, -0.15) is 0 Å². The maximum atomic E-state index is 10.1. The van der Waals surface area contributed by atoms with Gasteiger partial charge in [0.2, 0.25) is 0 Å². The van der Waals surface area contributed by atoms with Gasteiger partial charge >= 0.3 is 0 Å². The zero-order valence-electron chi connectivity index (χ0n) is 7.87. The number of benzene rings is 1. The molecule has 1 aromatic carbocycles. The molecule has 0 radical (unpaired) electrons. The van der Waals surface area contributed by atoms with Crippen LogP contribution < -0.4 is 0 Å². The summed E-state index contributed by atoms with van der Waals surface area (Å²) in [7, 11) is 0. The molecule has 1 N–H and O–H groups in total. The second-order valence-corrected chi connectivity index (χ2v) is 4.75. The maximum Gasteiger partial charge on any atom is 0.0942 e. The molecule has 0 saturated carbocycles. The Hall–Kier alpha value is -0.380. The molecule has 1 atom stereocenters. The molecule has 0 bridgehead atoms. The molecule has 0 aromatic heterocycles. The summed E-state index contributed by atoms with van der Waals surface area (Å²) in [5.41, 5.74) is 0.509. The van der Waals surface area contributed by atoms with Crippen molar-refractivity contribution in [2.24, 2.45) is 0 Å². The SMILES string of the molecule is OC1(Cc2ccc(Br)cc2)CCOC1. The van der Waals surface area contributed by atoms with Crippen LogP contribution in [0.1, 0.15) is 12.0 Å². The summed E-state index contributed by atoms with van der Waals surface area (Å²) in [6, 6.07) is 8.05. The monoisotopic (exact) mass is 256 g/mol. The molecule has 1 aromatic rings. The first-order valence-corrected chi connectivity index (χ1v) is 5.52. The summed E-state index contributed by atoms with van der Waals surface area (Å²) in [4.78, 5) is 0. The minimum absolute atomic E-state index is 0.461. The van der Waals surface area contributed by atoms with Crippen LogP contribution in [0.4, 0.5) is 0 Å². The molecule has 1 aliphatic heterocycles. The largest absolute Gasteiger partial charge is 0.387 e. The number of aliphatic hydroxyl groups is 1. The average molecular weight is 257 g/mol. The van der Waals surface area contributed by atoms with E-state index in [4.69, 9.17) is 4.74 Å². The first-order chi connectivity index (χ1) is 6.68. The highest BCUT2D eigenvalue weighted by molar-refractivity contribution is 9.10. The standard InChI is InChI=1S/C11H13BrO2/c12-10-3-1-9(2-4-10)7-11(13)5-6-14-8-11/h1-4,13H,5-8H2. The lowest BCUT2D eigenvalue weighted by atomic mass is 9.94. The van der Waals surface area contributed by atoms with Gasteiger partial charge in [0.15, 0.2) is 0 Å². The molecule has 1 unspecified atom stereocenters. The molecule has 0 spiro atoms. The minimum atomic E-state index is -0.645. The van der Waals surface area contributed by atoms with Gasteiger partial charge in [-0.1, -0.05) is 28.1 Å². The topological polar surface area (TPSA) is 29.5 Å². The van der Waals surface area contributed by atoms with Crippen molar-refractivity contribution < 1.29 is 9.84 Å². The molecule has 2 rings (SSSR count). The first kappa shape index (κ1) is 10.1. The molecule has 1 fully saturated rings. The van der Waals surface area contributed by atoms with Crippen LogP contribution in [0.5, 0.6) is 0 Å². The highest BCUT2D eigenvalue weighted by atomic mass is 79.9. The third-order valence-electron chi connectivity index (χ3n) is 2.53. The third kappa shape index (κ3) is 2.35. The van der Waals surface area contributed by atoms with Crippen LogP contribution >= 0.6 is 15.9 Å². The van der Waals surface area contributed by atoms with Gasteiger partial charge in [0.1, 0.15) is 0 Å². The van der Waals surface area contributed by atoms with Gasteiger partial charge in [-0.25, -0.2) is 0 Å². The van der Waals surface area contributed by atoms with Crippen LogP contribution in [0.2, 0.25) is 0 Å². The lowest BCUT2D eigenvalue weighted by molar-refractivity contribution is 0.0270. The summed E-state index contributed by atoms with van der Waals surface area (Å²) >= 11 is 3.38. The van der Waals surface area contributed by atoms with Crippen molar-refractivity contribution in [3.05, 3.63) is 34.3 Å². The minimum Gasteiger partial charge on any atom is -0.387 e. The molecule has 14 heavy (non-hydrogen) atoms. The van der Waals surface area contributed by atoms with Gasteiger partial charge in [-0.3, -0.25) is 0 Å². The molecule has 1 heterocycles. The van der Waals surface area contributed by atoms with Gasteiger partial charge in [-0.15, -0.1) is 0 Å². The van der Waals surface area contributed by atoms with E-state index in [9.17, 15) is 5.11 Å². The fourth-order valence-electron chi connectivity index (χ4n) is 1.72. The number of halogens is 1. The number of rotatable bonds is 2. The van der Waals surface area contributed by atoms with E-state index >= 15 is 0 Å². The van der Waals surface area contributed by atoms with E-state index in [2.05, 4.69) is 15.9 Å². The molecule has 0 aliphatic carbocycles. The van der Waals surface area contributed by atoms with Crippen LogP contribution in [0.3, 0.4) is 0 Å². The highest BCUT2D eigenvalue weighted by Gasteiger charge is 2.32. The lowest BCUT2D eigenvalue weighted by Crippen LogP contribution is -2.31. The van der Waals surface area contributed by atoms with Crippen molar-refractivity contribution in [2.45, 2.75) is 18.4 Å². The smallest absolute Gasteiger partial charge is 0.0942 e. The van der Waals surface area contributed by atoms with Gasteiger partial charge in [-0.05, 0) is 17.7 Å². The van der Waals surface area contributed by atoms with Crippen molar-refractivity contribution in [2.75, 3.05) is 13.2 Å². The van der Waals surface area contributed by atoms with Crippen molar-refractivity contribution in [1.29, 1.82) is 0 Å². The lowest BCUT2D eigenvalue weighted by Gasteiger charge is -2.20. The van der Waals surface area contributed by atoms with E-state index in [0.717, 1.165) is 16.5 Å². The average Bonchev–Trinajstić information content (AvgIpc) is 2.57. The van der Waals surface area contributed by atoms with Crippen molar-refractivity contribution in [3.8, 4) is 0 Å². The molecule has 0 amide bonds. The summed E-state index contributed by atoms with van der Waals surface area (Å²) < 4.78 is 6.26. The Morgan fingerprint density at radius 1 is 1.36 bits per heavy atom. The highest BCUT2D eigenvalue weighted by Crippen LogP contribution is 2.23. The van der Waals surface area contributed by atoms with Crippen LogP contribution in [0.15, 0.2) is 28.7 Å². The maximum absolute atomic E-state index is 10.1. The van der Waals surface area contributed by atoms with E-state index in [0.29, 0.717) is 19.6 Å². The van der Waals surface area contributed by atoms with E-state index in [1.54, 1.807) is 0 Å². The number of hydrogen-bond donors (Lipinski definition) is 1. The number of hydrogen-bond acceptors (Lipinski definition) is 2. The fraction of sp³-hybridized carbons (Fsp3) is 0.455. The first-order valence-electron chi connectivity index (χ1n) is 4.73. The van der Waals surface area contributed by atoms with Crippen LogP contribution in [-0.2, 0) is 11.2 Å². The van der Waals surface area contributed by atoms with Gasteiger partial charge in [0.05, 0.1) is 12.2 Å². The van der Waals surface area contributed by atoms with Crippen LogP contribution in [0.25, 0.3) is 0 Å². The molecule has 1 saturated heterocycles. The van der Waals surface area contributed by atoms with Gasteiger partial charge in [0.25, 0.3) is 0 Å². The molecule has 2 nitrogen and oxygen atoms in total. The van der Waals surface area contributed by atoms with E-state index < -0.39 is 5.60 Å². The summed E-state index contributed by atoms with van der Waals surface area (Å²) in [6.07, 6.45) is 1.42. The Balaban J connectivity index is 2.06. The zero-order valence-corrected chi connectivity index (χ0v) is 9.46. The van der Waals surface area contributed by atoms with Crippen LogP contribution in [0, 0.1) is 0 Å². The molecule has 3 heteroatoms. The molecule has 76 valence electrons. The van der Waals surface area contributed by atoms with E-state index in [-0.39, 0.29) is 0 Å². The Bertz CT molecular complexity index is 302. The molecular formula is C11H13BrO2. The molecule has 1 aliphatic rings.